The molecule has 19 heavy (non-hydrogen) atoms. The molecule has 2 rings (SSSR count). The number of sulfonamides is 1. The van der Waals surface area contributed by atoms with Crippen LogP contribution in [0.25, 0.3) is 0 Å². The monoisotopic (exact) mass is 319 g/mol. The van der Waals surface area contributed by atoms with Crippen molar-refractivity contribution in [2.75, 3.05) is 6.54 Å². The van der Waals surface area contributed by atoms with Crippen LogP contribution in [0.2, 0.25) is 10.0 Å². The number of furan rings is 1. The maximum atomic E-state index is 12.0. The van der Waals surface area contributed by atoms with Crippen molar-refractivity contribution in [2.24, 2.45) is 0 Å². The van der Waals surface area contributed by atoms with Crippen molar-refractivity contribution >= 4 is 33.2 Å². The second-order valence-electron chi connectivity index (χ2n) is 3.80. The third kappa shape index (κ3) is 3.73. The lowest BCUT2D eigenvalue weighted by atomic mass is 10.3. The molecule has 1 N–H and O–H groups in total. The fourth-order valence-electron chi connectivity index (χ4n) is 1.49. The zero-order valence-corrected chi connectivity index (χ0v) is 12.1. The Morgan fingerprint density at radius 2 is 1.95 bits per heavy atom. The molecule has 0 aliphatic rings. The minimum atomic E-state index is -3.59. The quantitative estimate of drug-likeness (QED) is 0.921. The van der Waals surface area contributed by atoms with Crippen molar-refractivity contribution in [3.8, 4) is 0 Å². The van der Waals surface area contributed by atoms with Crippen molar-refractivity contribution < 1.29 is 12.8 Å². The van der Waals surface area contributed by atoms with Gasteiger partial charge in [0.1, 0.15) is 5.76 Å². The molecule has 0 bridgehead atoms. The van der Waals surface area contributed by atoms with Crippen LogP contribution in [0.3, 0.4) is 0 Å². The second-order valence-corrected chi connectivity index (χ2v) is 6.38. The van der Waals surface area contributed by atoms with Crippen LogP contribution in [0.15, 0.2) is 45.9 Å². The van der Waals surface area contributed by atoms with E-state index in [1.54, 1.807) is 18.4 Å². The van der Waals surface area contributed by atoms with Gasteiger partial charge < -0.3 is 4.42 Å². The molecule has 102 valence electrons. The van der Waals surface area contributed by atoms with Crippen LogP contribution in [0.1, 0.15) is 5.76 Å². The largest absolute Gasteiger partial charge is 0.469 e. The Bertz CT molecular complexity index is 654. The van der Waals surface area contributed by atoms with Crippen LogP contribution in [0.5, 0.6) is 0 Å². The summed E-state index contributed by atoms with van der Waals surface area (Å²) in [7, 11) is -3.59. The van der Waals surface area contributed by atoms with E-state index in [0.29, 0.717) is 11.4 Å². The molecule has 7 heteroatoms. The molecule has 1 aromatic carbocycles. The van der Waals surface area contributed by atoms with Gasteiger partial charge in [0, 0.05) is 13.0 Å². The van der Waals surface area contributed by atoms with Gasteiger partial charge >= 0.3 is 0 Å². The molecule has 1 aromatic heterocycles. The number of rotatable bonds is 5. The van der Waals surface area contributed by atoms with E-state index in [1.807, 2.05) is 0 Å². The summed E-state index contributed by atoms with van der Waals surface area (Å²) >= 11 is 11.5. The Labute approximate surface area is 121 Å². The van der Waals surface area contributed by atoms with Gasteiger partial charge in [0.05, 0.1) is 21.2 Å². The molecule has 0 radical (unpaired) electrons. The summed E-state index contributed by atoms with van der Waals surface area (Å²) in [6.07, 6.45) is 2.02. The minimum Gasteiger partial charge on any atom is -0.469 e. The fraction of sp³-hybridized carbons (Fsp3) is 0.167. The number of hydrogen-bond acceptors (Lipinski definition) is 3. The Hall–Kier alpha value is -1.01. The highest BCUT2D eigenvalue weighted by Crippen LogP contribution is 2.24. The summed E-state index contributed by atoms with van der Waals surface area (Å²) in [5.74, 6) is 0.719. The molecule has 0 aliphatic heterocycles. The summed E-state index contributed by atoms with van der Waals surface area (Å²) < 4.78 is 31.5. The second kappa shape index (κ2) is 5.96. The minimum absolute atomic E-state index is 0.0846. The van der Waals surface area contributed by atoms with Gasteiger partial charge in [-0.15, -0.1) is 0 Å². The van der Waals surface area contributed by atoms with Crippen LogP contribution in [-0.2, 0) is 16.4 Å². The van der Waals surface area contributed by atoms with E-state index in [0.717, 1.165) is 5.76 Å². The number of hydrogen-bond donors (Lipinski definition) is 1. The highest BCUT2D eigenvalue weighted by atomic mass is 35.5. The van der Waals surface area contributed by atoms with Crippen molar-refractivity contribution in [1.29, 1.82) is 0 Å². The van der Waals surface area contributed by atoms with E-state index in [4.69, 9.17) is 27.6 Å². The van der Waals surface area contributed by atoms with E-state index >= 15 is 0 Å². The first-order valence-corrected chi connectivity index (χ1v) is 7.70. The molecule has 0 spiro atoms. The topological polar surface area (TPSA) is 59.3 Å². The smallest absolute Gasteiger partial charge is 0.240 e. The molecule has 0 unspecified atom stereocenters. The van der Waals surface area contributed by atoms with E-state index in [9.17, 15) is 8.42 Å². The molecule has 4 nitrogen and oxygen atoms in total. The van der Waals surface area contributed by atoms with Gasteiger partial charge in [0.25, 0.3) is 0 Å². The van der Waals surface area contributed by atoms with Gasteiger partial charge in [-0.05, 0) is 30.3 Å². The summed E-state index contributed by atoms with van der Waals surface area (Å²) in [6.45, 7) is 0.246. The van der Waals surface area contributed by atoms with Crippen molar-refractivity contribution in [3.05, 3.63) is 52.4 Å². The van der Waals surface area contributed by atoms with Gasteiger partial charge in [0.2, 0.25) is 10.0 Å². The first kappa shape index (κ1) is 14.4. The number of benzene rings is 1. The lowest BCUT2D eigenvalue weighted by Crippen LogP contribution is -2.25. The maximum Gasteiger partial charge on any atom is 0.240 e. The lowest BCUT2D eigenvalue weighted by Gasteiger charge is -2.06. The summed E-state index contributed by atoms with van der Waals surface area (Å²) in [5.41, 5.74) is 0. The van der Waals surface area contributed by atoms with Crippen LogP contribution in [0.4, 0.5) is 0 Å². The fourth-order valence-corrected chi connectivity index (χ4v) is 2.91. The Morgan fingerprint density at radius 3 is 2.58 bits per heavy atom. The van der Waals surface area contributed by atoms with E-state index in [1.165, 1.54) is 18.2 Å². The van der Waals surface area contributed by atoms with E-state index in [2.05, 4.69) is 4.72 Å². The molecule has 0 aliphatic carbocycles. The average molecular weight is 320 g/mol. The third-order valence-electron chi connectivity index (χ3n) is 2.44. The van der Waals surface area contributed by atoms with Crippen LogP contribution >= 0.6 is 23.2 Å². The SMILES string of the molecule is O=S(=O)(NCCc1ccco1)c1ccc(Cl)c(Cl)c1. The normalized spacial score (nSPS) is 11.7. The summed E-state index contributed by atoms with van der Waals surface area (Å²) in [6, 6.07) is 7.71. The molecule has 0 amide bonds. The van der Waals surface area contributed by atoms with Gasteiger partial charge in [-0.25, -0.2) is 13.1 Å². The molecule has 0 fully saturated rings. The first-order valence-electron chi connectivity index (χ1n) is 5.46. The summed E-state index contributed by atoms with van der Waals surface area (Å²) in [5, 5.41) is 0.520. The zero-order valence-electron chi connectivity index (χ0n) is 9.77. The third-order valence-corrected chi connectivity index (χ3v) is 4.64. The van der Waals surface area contributed by atoms with Crippen molar-refractivity contribution in [1.82, 2.24) is 4.72 Å². The van der Waals surface area contributed by atoms with Gasteiger partial charge in [0.15, 0.2) is 0 Å². The highest BCUT2D eigenvalue weighted by molar-refractivity contribution is 7.89. The number of nitrogens with one attached hydrogen (secondary N) is 1. The van der Waals surface area contributed by atoms with E-state index in [-0.39, 0.29) is 16.5 Å². The van der Waals surface area contributed by atoms with E-state index < -0.39 is 10.0 Å². The zero-order chi connectivity index (χ0) is 13.9. The lowest BCUT2D eigenvalue weighted by molar-refractivity contribution is 0.506. The van der Waals surface area contributed by atoms with Gasteiger partial charge in [-0.2, -0.15) is 0 Å². The highest BCUT2D eigenvalue weighted by Gasteiger charge is 2.15. The van der Waals surface area contributed by atoms with Gasteiger partial charge in [-0.3, -0.25) is 0 Å². The number of halogens is 2. The van der Waals surface area contributed by atoms with Crippen molar-refractivity contribution in [2.45, 2.75) is 11.3 Å². The van der Waals surface area contributed by atoms with Gasteiger partial charge in [-0.1, -0.05) is 23.2 Å². The molecule has 0 saturated heterocycles. The van der Waals surface area contributed by atoms with Crippen LogP contribution < -0.4 is 4.72 Å². The Balaban J connectivity index is 2.03. The molecule has 0 atom stereocenters. The average Bonchev–Trinajstić information content (AvgIpc) is 2.85. The molecule has 1 heterocycles. The summed E-state index contributed by atoms with van der Waals surface area (Å²) in [4.78, 5) is 0.0846. The first-order chi connectivity index (χ1) is 8.99. The molecular weight excluding hydrogens is 309 g/mol. The van der Waals surface area contributed by atoms with Crippen molar-refractivity contribution in [3.63, 3.8) is 0 Å². The predicted molar refractivity (Wildman–Crippen MR) is 74.1 cm³/mol. The van der Waals surface area contributed by atoms with Crippen LogP contribution in [0, 0.1) is 0 Å². The Kier molecular flexibility index (Phi) is 4.52. The standard InChI is InChI=1S/C12H11Cl2NO3S/c13-11-4-3-10(8-12(11)14)19(16,17)15-6-5-9-2-1-7-18-9/h1-4,7-8,15H,5-6H2. The molecule has 0 saturated carbocycles. The van der Waals surface area contributed by atoms with Crippen LogP contribution in [-0.4, -0.2) is 15.0 Å². The predicted octanol–water partition coefficient (Wildman–Crippen LogP) is 3.11. The maximum absolute atomic E-state index is 12.0. The Morgan fingerprint density at radius 1 is 1.16 bits per heavy atom. The molecule has 2 aromatic rings. The molecular formula is C12H11Cl2NO3S.